The Hall–Kier alpha value is -0.920. The number of hydrogen-bond acceptors (Lipinski definition) is 2. The molecule has 0 saturated heterocycles. The van der Waals surface area contributed by atoms with Crippen molar-refractivity contribution < 1.29 is 9.59 Å². The fraction of sp³-hybridized carbons (Fsp3) is 0.714. The molecule has 1 unspecified atom stereocenters. The van der Waals surface area contributed by atoms with Crippen LogP contribution in [0, 0.1) is 22.7 Å². The summed E-state index contributed by atoms with van der Waals surface area (Å²) in [6, 6.07) is 0. The lowest BCUT2D eigenvalue weighted by Crippen LogP contribution is -2.40. The Morgan fingerprint density at radius 3 is 2.50 bits per heavy atom. The zero-order valence-corrected chi connectivity index (χ0v) is 10.5. The fourth-order valence-corrected chi connectivity index (χ4v) is 3.98. The summed E-state index contributed by atoms with van der Waals surface area (Å²) < 4.78 is 0. The molecular formula is C14H20O2. The minimum Gasteiger partial charge on any atom is -0.298 e. The van der Waals surface area contributed by atoms with Crippen LogP contribution in [0.4, 0.5) is 0 Å². The second kappa shape index (κ2) is 3.28. The number of rotatable bonds is 2. The van der Waals surface area contributed by atoms with E-state index in [0.717, 1.165) is 12.8 Å². The van der Waals surface area contributed by atoms with Crippen molar-refractivity contribution in [3.8, 4) is 0 Å². The Labute approximate surface area is 97.1 Å². The van der Waals surface area contributed by atoms with Crippen LogP contribution in [0.2, 0.25) is 0 Å². The zero-order chi connectivity index (χ0) is 12.1. The molecule has 0 heterocycles. The molecule has 2 aliphatic rings. The van der Waals surface area contributed by atoms with Gasteiger partial charge in [-0.1, -0.05) is 26.8 Å². The summed E-state index contributed by atoms with van der Waals surface area (Å²) in [6.45, 7) is 8.00. The number of hydrogen-bond donors (Lipinski definition) is 0. The van der Waals surface area contributed by atoms with E-state index in [1.165, 1.54) is 6.92 Å². The average Bonchev–Trinajstić information content (AvgIpc) is 2.46. The molecule has 16 heavy (non-hydrogen) atoms. The lowest BCUT2D eigenvalue weighted by atomic mass is 9.60. The van der Waals surface area contributed by atoms with Gasteiger partial charge in [-0.25, -0.2) is 0 Å². The maximum Gasteiger partial charge on any atom is 0.152 e. The number of ketones is 2. The maximum absolute atomic E-state index is 12.4. The van der Waals surface area contributed by atoms with E-state index in [1.54, 1.807) is 6.08 Å². The number of carbonyl (C=O) groups excluding carboxylic acids is 2. The molecule has 2 aliphatic carbocycles. The van der Waals surface area contributed by atoms with Crippen LogP contribution in [0.1, 0.15) is 40.5 Å². The van der Waals surface area contributed by atoms with Crippen LogP contribution in [-0.2, 0) is 9.59 Å². The molecule has 0 aromatic carbocycles. The molecule has 2 heteroatoms. The Bertz CT molecular complexity index is 378. The topological polar surface area (TPSA) is 34.1 Å². The van der Waals surface area contributed by atoms with Crippen LogP contribution in [-0.4, -0.2) is 11.6 Å². The van der Waals surface area contributed by atoms with Gasteiger partial charge in [-0.2, -0.15) is 0 Å². The molecule has 0 amide bonds. The zero-order valence-electron chi connectivity index (χ0n) is 10.5. The first kappa shape index (κ1) is 11.6. The highest BCUT2D eigenvalue weighted by Gasteiger charge is 2.65. The molecule has 0 aromatic rings. The van der Waals surface area contributed by atoms with Gasteiger partial charge >= 0.3 is 0 Å². The van der Waals surface area contributed by atoms with E-state index < -0.39 is 0 Å². The number of Topliss-reactive ketones (excluding diaryl/α,β-unsaturated/α-hetero) is 1. The van der Waals surface area contributed by atoms with Crippen LogP contribution >= 0.6 is 0 Å². The van der Waals surface area contributed by atoms with Gasteiger partial charge in [0.05, 0.1) is 5.41 Å². The number of allylic oxidation sites excluding steroid dienone is 2. The molecule has 2 rings (SSSR count). The normalized spacial score (nSPS) is 40.9. The summed E-state index contributed by atoms with van der Waals surface area (Å²) in [5, 5.41) is 0. The monoisotopic (exact) mass is 220 g/mol. The first-order chi connectivity index (χ1) is 7.31. The lowest BCUT2D eigenvalue weighted by molar-refractivity contribution is -0.126. The predicted molar refractivity (Wildman–Crippen MR) is 62.9 cm³/mol. The molecule has 2 saturated carbocycles. The van der Waals surface area contributed by atoms with Crippen molar-refractivity contribution in [3.63, 3.8) is 0 Å². The Kier molecular flexibility index (Phi) is 2.37. The van der Waals surface area contributed by atoms with Gasteiger partial charge in [0.25, 0.3) is 0 Å². The smallest absolute Gasteiger partial charge is 0.152 e. The molecule has 0 aromatic heterocycles. The third-order valence-corrected chi connectivity index (χ3v) is 4.65. The van der Waals surface area contributed by atoms with Gasteiger partial charge in [0, 0.05) is 5.92 Å². The van der Waals surface area contributed by atoms with Crippen molar-refractivity contribution in [1.82, 2.24) is 0 Å². The second-order valence-corrected chi connectivity index (χ2v) is 6.10. The van der Waals surface area contributed by atoms with E-state index in [4.69, 9.17) is 0 Å². The lowest BCUT2D eigenvalue weighted by Gasteiger charge is -2.42. The van der Waals surface area contributed by atoms with Gasteiger partial charge < -0.3 is 0 Å². The standard InChI is InChI=1S/C14H20O2/c1-9-7-11-8-13(3,4)14(9,12(11)16)6-5-10(2)15/h5-6,9,11H,7-8H2,1-4H3/t9-,11-,14?/m1/s1. The summed E-state index contributed by atoms with van der Waals surface area (Å²) in [4.78, 5) is 23.5. The molecule has 88 valence electrons. The first-order valence-electron chi connectivity index (χ1n) is 6.05. The molecule has 2 nitrogen and oxygen atoms in total. The van der Waals surface area contributed by atoms with Crippen molar-refractivity contribution in [1.29, 1.82) is 0 Å². The van der Waals surface area contributed by atoms with E-state index in [2.05, 4.69) is 20.8 Å². The minimum absolute atomic E-state index is 0.00162. The summed E-state index contributed by atoms with van der Waals surface area (Å²) in [6.07, 6.45) is 5.45. The summed E-state index contributed by atoms with van der Waals surface area (Å²) in [5.74, 6) is 0.981. The quantitative estimate of drug-likeness (QED) is 0.671. The average molecular weight is 220 g/mol. The van der Waals surface area contributed by atoms with Crippen molar-refractivity contribution in [3.05, 3.63) is 12.2 Å². The largest absolute Gasteiger partial charge is 0.298 e. The highest BCUT2D eigenvalue weighted by Crippen LogP contribution is 2.65. The van der Waals surface area contributed by atoms with E-state index in [0.29, 0.717) is 11.7 Å². The molecule has 0 spiro atoms. The van der Waals surface area contributed by atoms with Crippen LogP contribution in [0.3, 0.4) is 0 Å². The molecule has 0 radical (unpaired) electrons. The van der Waals surface area contributed by atoms with Crippen molar-refractivity contribution >= 4 is 11.6 Å². The van der Waals surface area contributed by atoms with Gasteiger partial charge in [-0.15, -0.1) is 0 Å². The van der Waals surface area contributed by atoms with Gasteiger partial charge in [0.1, 0.15) is 5.78 Å². The third kappa shape index (κ3) is 1.25. The molecule has 0 N–H and O–H groups in total. The highest BCUT2D eigenvalue weighted by molar-refractivity contribution is 5.96. The number of fused-ring (bicyclic) bond motifs is 2. The fourth-order valence-electron chi connectivity index (χ4n) is 3.98. The molecule has 2 fully saturated rings. The van der Waals surface area contributed by atoms with Crippen LogP contribution in [0.5, 0.6) is 0 Å². The Morgan fingerprint density at radius 1 is 1.44 bits per heavy atom. The Balaban J connectivity index is 2.47. The Morgan fingerprint density at radius 2 is 2.06 bits per heavy atom. The van der Waals surface area contributed by atoms with Crippen molar-refractivity contribution in [2.45, 2.75) is 40.5 Å². The SMILES string of the molecule is CC(=O)C=CC12C(=O)[C@H](C[C@H]1C)CC2(C)C. The van der Waals surface area contributed by atoms with Gasteiger partial charge in [0.2, 0.25) is 0 Å². The summed E-state index contributed by atoms with van der Waals surface area (Å²) in [5.41, 5.74) is -0.387. The van der Waals surface area contributed by atoms with Gasteiger partial charge in [-0.05, 0) is 37.2 Å². The van der Waals surface area contributed by atoms with Crippen molar-refractivity contribution in [2.24, 2.45) is 22.7 Å². The molecule has 0 aliphatic heterocycles. The summed E-state index contributed by atoms with van der Waals surface area (Å²) >= 11 is 0. The number of carbonyl (C=O) groups is 2. The predicted octanol–water partition coefficient (Wildman–Crippen LogP) is 2.77. The summed E-state index contributed by atoms with van der Waals surface area (Å²) in [7, 11) is 0. The molecule has 2 bridgehead atoms. The minimum atomic E-state index is -0.386. The van der Waals surface area contributed by atoms with Crippen LogP contribution in [0.15, 0.2) is 12.2 Å². The van der Waals surface area contributed by atoms with Gasteiger partial charge in [-0.3, -0.25) is 9.59 Å². The van der Waals surface area contributed by atoms with Crippen LogP contribution in [0.25, 0.3) is 0 Å². The second-order valence-electron chi connectivity index (χ2n) is 6.10. The molecule has 3 atom stereocenters. The van der Waals surface area contributed by atoms with E-state index in [9.17, 15) is 9.59 Å². The van der Waals surface area contributed by atoms with E-state index >= 15 is 0 Å². The first-order valence-corrected chi connectivity index (χ1v) is 6.05. The third-order valence-electron chi connectivity index (χ3n) is 4.65. The highest BCUT2D eigenvalue weighted by atomic mass is 16.1. The van der Waals surface area contributed by atoms with Crippen molar-refractivity contribution in [2.75, 3.05) is 0 Å². The maximum atomic E-state index is 12.4. The van der Waals surface area contributed by atoms with Crippen LogP contribution < -0.4 is 0 Å². The molecular weight excluding hydrogens is 200 g/mol. The van der Waals surface area contributed by atoms with E-state index in [1.807, 2.05) is 6.08 Å². The van der Waals surface area contributed by atoms with E-state index in [-0.39, 0.29) is 22.5 Å². The van der Waals surface area contributed by atoms with Gasteiger partial charge in [0.15, 0.2) is 5.78 Å².